The lowest BCUT2D eigenvalue weighted by atomic mass is 10.2. The molecule has 0 amide bonds. The van der Waals surface area contributed by atoms with Gasteiger partial charge in [-0.2, -0.15) is 0 Å². The van der Waals surface area contributed by atoms with Gasteiger partial charge in [-0.25, -0.2) is 14.2 Å². The Bertz CT molecular complexity index is 815. The van der Waals surface area contributed by atoms with Crippen molar-refractivity contribution in [2.24, 2.45) is 0 Å². The second kappa shape index (κ2) is 6.11. The molecule has 0 fully saturated rings. The van der Waals surface area contributed by atoms with Crippen molar-refractivity contribution in [3.8, 4) is 0 Å². The van der Waals surface area contributed by atoms with E-state index < -0.39 is 0 Å². The minimum Gasteiger partial charge on any atom is -0.462 e. The lowest BCUT2D eigenvalue weighted by molar-refractivity contribution is 0.0526. The molecule has 4 nitrogen and oxygen atoms in total. The largest absolute Gasteiger partial charge is 0.462 e. The first-order valence-electron chi connectivity index (χ1n) is 6.76. The van der Waals surface area contributed by atoms with Gasteiger partial charge >= 0.3 is 5.97 Å². The van der Waals surface area contributed by atoms with Crippen LogP contribution in [0, 0.1) is 5.82 Å². The van der Waals surface area contributed by atoms with E-state index in [1.165, 1.54) is 23.5 Å². The Morgan fingerprint density at radius 2 is 2.05 bits per heavy atom. The van der Waals surface area contributed by atoms with Crippen LogP contribution in [0.3, 0.4) is 0 Å². The summed E-state index contributed by atoms with van der Waals surface area (Å²) < 4.78 is 18.9. The molecule has 0 radical (unpaired) electrons. The van der Waals surface area contributed by atoms with E-state index >= 15 is 0 Å². The quantitative estimate of drug-likeness (QED) is 0.727. The topological polar surface area (TPSA) is 51.2 Å². The van der Waals surface area contributed by atoms with E-state index in [1.807, 2.05) is 0 Å². The Labute approximate surface area is 130 Å². The van der Waals surface area contributed by atoms with Crippen molar-refractivity contribution in [2.75, 3.05) is 11.9 Å². The predicted octanol–water partition coefficient (Wildman–Crippen LogP) is 4.36. The number of fused-ring (bicyclic) bond motifs is 1. The van der Waals surface area contributed by atoms with Crippen LogP contribution in [0.25, 0.3) is 10.2 Å². The van der Waals surface area contributed by atoms with Crippen LogP contribution in [0.1, 0.15) is 17.3 Å². The highest BCUT2D eigenvalue weighted by Gasteiger charge is 2.08. The van der Waals surface area contributed by atoms with Gasteiger partial charge in [-0.15, -0.1) is 0 Å². The van der Waals surface area contributed by atoms with Crippen molar-refractivity contribution in [2.45, 2.75) is 6.92 Å². The summed E-state index contributed by atoms with van der Waals surface area (Å²) in [5.41, 5.74) is 2.04. The van der Waals surface area contributed by atoms with E-state index in [-0.39, 0.29) is 11.8 Å². The molecule has 0 saturated carbocycles. The fraction of sp³-hybridized carbons (Fsp3) is 0.125. The van der Waals surface area contributed by atoms with Gasteiger partial charge in [-0.05, 0) is 49.4 Å². The summed E-state index contributed by atoms with van der Waals surface area (Å²) in [6.45, 7) is 2.12. The van der Waals surface area contributed by atoms with Gasteiger partial charge in [-0.3, -0.25) is 0 Å². The summed E-state index contributed by atoms with van der Waals surface area (Å²) >= 11 is 1.37. The Balaban J connectivity index is 1.78. The number of benzene rings is 2. The number of aromatic nitrogens is 1. The monoisotopic (exact) mass is 316 g/mol. The van der Waals surface area contributed by atoms with Crippen molar-refractivity contribution in [1.29, 1.82) is 0 Å². The van der Waals surface area contributed by atoms with E-state index in [0.29, 0.717) is 17.3 Å². The maximum Gasteiger partial charge on any atom is 0.338 e. The average molecular weight is 316 g/mol. The molecule has 0 unspecified atom stereocenters. The van der Waals surface area contributed by atoms with E-state index in [4.69, 9.17) is 4.74 Å². The zero-order valence-electron chi connectivity index (χ0n) is 11.8. The number of rotatable bonds is 4. The number of hydrogen-bond donors (Lipinski definition) is 1. The molecular weight excluding hydrogens is 303 g/mol. The molecule has 0 bridgehead atoms. The fourth-order valence-corrected chi connectivity index (χ4v) is 2.89. The smallest absolute Gasteiger partial charge is 0.338 e. The Morgan fingerprint density at radius 1 is 1.27 bits per heavy atom. The van der Waals surface area contributed by atoms with E-state index in [1.54, 1.807) is 37.3 Å². The second-order valence-corrected chi connectivity index (χ2v) is 5.58. The summed E-state index contributed by atoms with van der Waals surface area (Å²) in [6.07, 6.45) is 0. The molecule has 22 heavy (non-hydrogen) atoms. The second-order valence-electron chi connectivity index (χ2n) is 4.55. The number of nitrogens with zero attached hydrogens (tertiary/aromatic N) is 1. The molecule has 112 valence electrons. The third-order valence-electron chi connectivity index (χ3n) is 3.00. The van der Waals surface area contributed by atoms with Crippen molar-refractivity contribution < 1.29 is 13.9 Å². The molecule has 0 aliphatic heterocycles. The molecule has 0 atom stereocenters. The van der Waals surface area contributed by atoms with Gasteiger partial charge < -0.3 is 10.1 Å². The Morgan fingerprint density at radius 3 is 2.77 bits per heavy atom. The lowest BCUT2D eigenvalue weighted by Gasteiger charge is -2.04. The van der Waals surface area contributed by atoms with Gasteiger partial charge in [0.1, 0.15) is 5.82 Å². The summed E-state index contributed by atoms with van der Waals surface area (Å²) in [4.78, 5) is 16.0. The molecule has 0 spiro atoms. The van der Waals surface area contributed by atoms with Crippen molar-refractivity contribution in [3.63, 3.8) is 0 Å². The molecular formula is C16H13FN2O2S. The van der Waals surface area contributed by atoms with Crippen LogP contribution in [0.2, 0.25) is 0 Å². The Hall–Kier alpha value is -2.47. The first kappa shape index (κ1) is 14.5. The number of anilines is 2. The first-order chi connectivity index (χ1) is 10.7. The summed E-state index contributed by atoms with van der Waals surface area (Å²) in [5.74, 6) is -0.619. The van der Waals surface area contributed by atoms with Gasteiger partial charge in [0.05, 0.1) is 22.4 Å². The van der Waals surface area contributed by atoms with E-state index in [2.05, 4.69) is 10.3 Å². The predicted molar refractivity (Wildman–Crippen MR) is 85.3 cm³/mol. The molecule has 0 aliphatic rings. The van der Waals surface area contributed by atoms with E-state index in [9.17, 15) is 9.18 Å². The molecule has 1 heterocycles. The van der Waals surface area contributed by atoms with Crippen LogP contribution in [-0.4, -0.2) is 17.6 Å². The number of nitrogens with one attached hydrogen (secondary N) is 1. The van der Waals surface area contributed by atoms with Crippen LogP contribution >= 0.6 is 11.3 Å². The molecule has 0 saturated heterocycles. The minimum atomic E-state index is -0.343. The van der Waals surface area contributed by atoms with Crippen LogP contribution in [-0.2, 0) is 4.74 Å². The van der Waals surface area contributed by atoms with Crippen LogP contribution < -0.4 is 5.32 Å². The number of halogens is 1. The molecule has 0 aliphatic carbocycles. The maximum absolute atomic E-state index is 13.2. The zero-order valence-corrected chi connectivity index (χ0v) is 12.6. The third-order valence-corrected chi connectivity index (χ3v) is 3.93. The zero-order chi connectivity index (χ0) is 15.5. The standard InChI is InChI=1S/C16H13FN2O2S/c1-2-21-15(20)10-3-6-12(7-4-10)18-16-19-13-8-5-11(17)9-14(13)22-16/h3-9H,2H2,1H3,(H,18,19). The highest BCUT2D eigenvalue weighted by Crippen LogP contribution is 2.28. The highest BCUT2D eigenvalue weighted by molar-refractivity contribution is 7.22. The van der Waals surface area contributed by atoms with Crippen LogP contribution in [0.4, 0.5) is 15.2 Å². The van der Waals surface area contributed by atoms with Crippen LogP contribution in [0.15, 0.2) is 42.5 Å². The minimum absolute atomic E-state index is 0.276. The molecule has 1 N–H and O–H groups in total. The number of hydrogen-bond acceptors (Lipinski definition) is 5. The number of thiazole rings is 1. The summed E-state index contributed by atoms with van der Waals surface area (Å²) in [6, 6.07) is 11.4. The molecule has 3 aromatic rings. The van der Waals surface area contributed by atoms with Crippen molar-refractivity contribution >= 4 is 38.3 Å². The molecule has 6 heteroatoms. The molecule has 2 aromatic carbocycles. The first-order valence-corrected chi connectivity index (χ1v) is 7.57. The van der Waals surface area contributed by atoms with Crippen molar-refractivity contribution in [3.05, 3.63) is 53.8 Å². The van der Waals surface area contributed by atoms with E-state index in [0.717, 1.165) is 15.9 Å². The SMILES string of the molecule is CCOC(=O)c1ccc(Nc2nc3ccc(F)cc3s2)cc1. The average Bonchev–Trinajstić information content (AvgIpc) is 2.89. The van der Waals surface area contributed by atoms with Crippen LogP contribution in [0.5, 0.6) is 0 Å². The summed E-state index contributed by atoms with van der Waals surface area (Å²) in [7, 11) is 0. The third kappa shape index (κ3) is 3.07. The fourth-order valence-electron chi connectivity index (χ4n) is 1.98. The molecule has 3 rings (SSSR count). The van der Waals surface area contributed by atoms with Gasteiger partial charge in [0.25, 0.3) is 0 Å². The summed E-state index contributed by atoms with van der Waals surface area (Å²) in [5, 5.41) is 3.81. The van der Waals surface area contributed by atoms with Gasteiger partial charge in [0.2, 0.25) is 0 Å². The highest BCUT2D eigenvalue weighted by atomic mass is 32.1. The maximum atomic E-state index is 13.2. The number of carbonyl (C=O) groups excluding carboxylic acids is 1. The van der Waals surface area contributed by atoms with Gasteiger partial charge in [0.15, 0.2) is 5.13 Å². The number of ether oxygens (including phenoxy) is 1. The normalized spacial score (nSPS) is 10.6. The van der Waals surface area contributed by atoms with Crippen molar-refractivity contribution in [1.82, 2.24) is 4.98 Å². The van der Waals surface area contributed by atoms with Gasteiger partial charge in [-0.1, -0.05) is 11.3 Å². The van der Waals surface area contributed by atoms with Gasteiger partial charge in [0, 0.05) is 5.69 Å². The number of carbonyl (C=O) groups is 1. The lowest BCUT2D eigenvalue weighted by Crippen LogP contribution is -2.04. The number of esters is 1. The molecule has 1 aromatic heterocycles. The Kier molecular flexibility index (Phi) is 4.02.